The molecule has 4 nitrogen and oxygen atoms in total. The molecule has 0 aromatic carbocycles. The zero-order valence-corrected chi connectivity index (χ0v) is 10.6. The van der Waals surface area contributed by atoms with Crippen LogP contribution in [0.4, 0.5) is 11.8 Å². The van der Waals surface area contributed by atoms with Crippen molar-refractivity contribution in [3.05, 3.63) is 34.7 Å². The van der Waals surface area contributed by atoms with Gasteiger partial charge in [0.15, 0.2) is 0 Å². The zero-order chi connectivity index (χ0) is 11.5. The molecule has 16 heavy (non-hydrogen) atoms. The van der Waals surface area contributed by atoms with Crippen molar-refractivity contribution in [1.82, 2.24) is 0 Å². The molecule has 0 aliphatic rings. The fraction of sp³-hybridized carbons (Fsp3) is 0.182. The van der Waals surface area contributed by atoms with Gasteiger partial charge in [-0.25, -0.2) is 4.99 Å². The molecular weight excluding hydrogens is 272 g/mol. The van der Waals surface area contributed by atoms with E-state index in [1.807, 2.05) is 25.1 Å². The minimum atomic E-state index is 0.555. The van der Waals surface area contributed by atoms with Crippen LogP contribution in [0.25, 0.3) is 0 Å². The van der Waals surface area contributed by atoms with Crippen molar-refractivity contribution in [1.29, 1.82) is 0 Å². The average Bonchev–Trinajstić information content (AvgIpc) is 2.83. The third-order valence-corrected chi connectivity index (χ3v) is 2.49. The predicted molar refractivity (Wildman–Crippen MR) is 66.7 cm³/mol. The third-order valence-electron chi connectivity index (χ3n) is 1.92. The van der Waals surface area contributed by atoms with E-state index in [2.05, 4.69) is 20.9 Å². The number of aliphatic imine (C=N–C) groups is 1. The predicted octanol–water partition coefficient (Wildman–Crippen LogP) is 3.45. The first-order valence-corrected chi connectivity index (χ1v) is 5.50. The Balaban J connectivity index is 2.19. The van der Waals surface area contributed by atoms with E-state index >= 15 is 0 Å². The first kappa shape index (κ1) is 11.0. The Bertz CT molecular complexity index is 486. The Morgan fingerprint density at radius 1 is 1.44 bits per heavy atom. The molecule has 0 unspecified atom stereocenters. The van der Waals surface area contributed by atoms with Gasteiger partial charge < -0.3 is 13.7 Å². The molecule has 2 heterocycles. The van der Waals surface area contributed by atoms with E-state index in [1.54, 1.807) is 24.6 Å². The molecule has 0 spiro atoms. The SMILES string of the molecule is CN(C)c1oc(C=Nc2ccco2)cc1Br. The molecule has 0 aliphatic heterocycles. The van der Waals surface area contributed by atoms with Gasteiger partial charge in [0.1, 0.15) is 5.76 Å². The summed E-state index contributed by atoms with van der Waals surface area (Å²) >= 11 is 3.42. The van der Waals surface area contributed by atoms with Crippen LogP contribution in [0, 0.1) is 0 Å². The van der Waals surface area contributed by atoms with Crippen molar-refractivity contribution >= 4 is 33.9 Å². The van der Waals surface area contributed by atoms with Gasteiger partial charge in [0.25, 0.3) is 0 Å². The van der Waals surface area contributed by atoms with Crippen LogP contribution in [0.15, 0.2) is 42.8 Å². The summed E-state index contributed by atoms with van der Waals surface area (Å²) in [7, 11) is 3.83. The normalized spacial score (nSPS) is 11.2. The lowest BCUT2D eigenvalue weighted by Gasteiger charge is -2.07. The number of hydrogen-bond donors (Lipinski definition) is 0. The summed E-state index contributed by atoms with van der Waals surface area (Å²) in [4.78, 5) is 6.01. The Labute approximate surface area is 102 Å². The molecular formula is C11H11BrN2O2. The van der Waals surface area contributed by atoms with Gasteiger partial charge in [0, 0.05) is 26.2 Å². The molecule has 0 saturated carbocycles. The molecule has 0 aliphatic carbocycles. The van der Waals surface area contributed by atoms with Crippen LogP contribution in [-0.4, -0.2) is 20.3 Å². The number of halogens is 1. The topological polar surface area (TPSA) is 41.9 Å². The van der Waals surface area contributed by atoms with Crippen LogP contribution < -0.4 is 4.90 Å². The summed E-state index contributed by atoms with van der Waals surface area (Å²) in [5.41, 5.74) is 0. The molecule has 2 rings (SSSR count). The lowest BCUT2D eigenvalue weighted by molar-refractivity contribution is 0.555. The molecule has 0 radical (unpaired) electrons. The van der Waals surface area contributed by atoms with Crippen LogP contribution in [0.3, 0.4) is 0 Å². The maximum atomic E-state index is 5.56. The number of anilines is 1. The van der Waals surface area contributed by atoms with Crippen molar-refractivity contribution < 1.29 is 8.83 Å². The molecule has 2 aromatic heterocycles. The lowest BCUT2D eigenvalue weighted by atomic mass is 10.5. The highest BCUT2D eigenvalue weighted by Gasteiger charge is 2.08. The van der Waals surface area contributed by atoms with Crippen LogP contribution in [0.5, 0.6) is 0 Å². The molecule has 0 amide bonds. The molecule has 0 bridgehead atoms. The van der Waals surface area contributed by atoms with Gasteiger partial charge in [-0.2, -0.15) is 0 Å². The second-order valence-electron chi connectivity index (χ2n) is 3.41. The second kappa shape index (κ2) is 4.57. The van der Waals surface area contributed by atoms with E-state index in [0.717, 1.165) is 10.4 Å². The second-order valence-corrected chi connectivity index (χ2v) is 4.26. The van der Waals surface area contributed by atoms with Crippen LogP contribution in [0.1, 0.15) is 5.76 Å². The van der Waals surface area contributed by atoms with Gasteiger partial charge >= 0.3 is 0 Å². The summed E-state index contributed by atoms with van der Waals surface area (Å²) < 4.78 is 11.5. The first-order chi connectivity index (χ1) is 7.66. The van der Waals surface area contributed by atoms with E-state index in [9.17, 15) is 0 Å². The van der Waals surface area contributed by atoms with Gasteiger partial charge in [0.2, 0.25) is 11.8 Å². The molecule has 2 aromatic rings. The molecule has 0 N–H and O–H groups in total. The van der Waals surface area contributed by atoms with E-state index in [1.165, 1.54) is 0 Å². The monoisotopic (exact) mass is 282 g/mol. The Morgan fingerprint density at radius 2 is 2.25 bits per heavy atom. The maximum absolute atomic E-state index is 5.56. The Kier molecular flexibility index (Phi) is 3.14. The zero-order valence-electron chi connectivity index (χ0n) is 8.98. The van der Waals surface area contributed by atoms with Crippen LogP contribution in [-0.2, 0) is 0 Å². The summed E-state index contributed by atoms with van der Waals surface area (Å²) in [6.07, 6.45) is 3.20. The highest BCUT2D eigenvalue weighted by molar-refractivity contribution is 9.10. The third kappa shape index (κ3) is 2.36. The number of hydrogen-bond acceptors (Lipinski definition) is 4. The van der Waals surface area contributed by atoms with Gasteiger partial charge in [-0.1, -0.05) is 0 Å². The minimum Gasteiger partial charge on any atom is -0.447 e. The number of rotatable bonds is 3. The molecule has 5 heteroatoms. The number of nitrogens with zero attached hydrogens (tertiary/aromatic N) is 2. The number of furan rings is 2. The average molecular weight is 283 g/mol. The van der Waals surface area contributed by atoms with Crippen LogP contribution in [0.2, 0.25) is 0 Å². The van der Waals surface area contributed by atoms with Crippen molar-refractivity contribution in [2.24, 2.45) is 4.99 Å². The molecule has 0 saturated heterocycles. The van der Waals surface area contributed by atoms with E-state index in [0.29, 0.717) is 11.6 Å². The highest BCUT2D eigenvalue weighted by Crippen LogP contribution is 2.28. The van der Waals surface area contributed by atoms with Crippen LogP contribution >= 0.6 is 15.9 Å². The Hall–Kier alpha value is -1.49. The summed E-state index contributed by atoms with van der Waals surface area (Å²) in [6.45, 7) is 0. The van der Waals surface area contributed by atoms with Crippen molar-refractivity contribution in [3.63, 3.8) is 0 Å². The van der Waals surface area contributed by atoms with E-state index < -0.39 is 0 Å². The largest absolute Gasteiger partial charge is 0.447 e. The molecule has 0 fully saturated rings. The summed E-state index contributed by atoms with van der Waals surface area (Å²) in [5.74, 6) is 1.99. The summed E-state index contributed by atoms with van der Waals surface area (Å²) in [5, 5.41) is 0. The maximum Gasteiger partial charge on any atom is 0.218 e. The van der Waals surface area contributed by atoms with Gasteiger partial charge in [0.05, 0.1) is 17.0 Å². The lowest BCUT2D eigenvalue weighted by Crippen LogP contribution is -2.07. The molecule has 84 valence electrons. The van der Waals surface area contributed by atoms with E-state index in [-0.39, 0.29) is 0 Å². The quantitative estimate of drug-likeness (QED) is 0.810. The fourth-order valence-electron chi connectivity index (χ4n) is 1.22. The standard InChI is InChI=1S/C11H11BrN2O2/c1-14(2)11-9(12)6-8(16-11)7-13-10-4-3-5-15-10/h3-7H,1-2H3. The first-order valence-electron chi connectivity index (χ1n) is 4.71. The van der Waals surface area contributed by atoms with Crippen molar-refractivity contribution in [3.8, 4) is 0 Å². The van der Waals surface area contributed by atoms with Crippen molar-refractivity contribution in [2.45, 2.75) is 0 Å². The fourth-order valence-corrected chi connectivity index (χ4v) is 1.88. The highest BCUT2D eigenvalue weighted by atomic mass is 79.9. The van der Waals surface area contributed by atoms with Crippen molar-refractivity contribution in [2.75, 3.05) is 19.0 Å². The van der Waals surface area contributed by atoms with Gasteiger partial charge in [-0.3, -0.25) is 0 Å². The minimum absolute atomic E-state index is 0.555. The molecule has 0 atom stereocenters. The Morgan fingerprint density at radius 3 is 2.81 bits per heavy atom. The summed E-state index contributed by atoms with van der Waals surface area (Å²) in [6, 6.07) is 5.43. The smallest absolute Gasteiger partial charge is 0.218 e. The van der Waals surface area contributed by atoms with E-state index in [4.69, 9.17) is 8.83 Å². The van der Waals surface area contributed by atoms with Gasteiger partial charge in [-0.15, -0.1) is 0 Å². The van der Waals surface area contributed by atoms with Gasteiger partial charge in [-0.05, 0) is 22.0 Å².